The van der Waals surface area contributed by atoms with Crippen molar-refractivity contribution in [2.75, 3.05) is 26.7 Å². The Balaban J connectivity index is 1.99. The predicted octanol–water partition coefficient (Wildman–Crippen LogP) is -0.199. The van der Waals surface area contributed by atoms with Crippen LogP contribution in [0.4, 0.5) is 0 Å². The van der Waals surface area contributed by atoms with Crippen molar-refractivity contribution >= 4 is 10.2 Å². The maximum Gasteiger partial charge on any atom is 0.282 e. The van der Waals surface area contributed by atoms with Crippen molar-refractivity contribution < 1.29 is 13.5 Å². The van der Waals surface area contributed by atoms with Gasteiger partial charge in [-0.15, -0.1) is 0 Å². The molecule has 0 amide bonds. The van der Waals surface area contributed by atoms with Crippen LogP contribution < -0.4 is 0 Å². The molecule has 0 radical (unpaired) electrons. The summed E-state index contributed by atoms with van der Waals surface area (Å²) in [5, 5.41) is 13.1. The summed E-state index contributed by atoms with van der Waals surface area (Å²) in [6.07, 6.45) is 4.92. The first kappa shape index (κ1) is 15.4. The van der Waals surface area contributed by atoms with E-state index in [1.165, 1.54) is 8.61 Å². The quantitative estimate of drug-likeness (QED) is 0.817. The van der Waals surface area contributed by atoms with Gasteiger partial charge in [0.1, 0.15) is 0 Å². The third-order valence-corrected chi connectivity index (χ3v) is 5.65. The second kappa shape index (κ2) is 6.21. The van der Waals surface area contributed by atoms with E-state index in [1.54, 1.807) is 25.0 Å². The van der Waals surface area contributed by atoms with E-state index in [9.17, 15) is 8.42 Å². The van der Waals surface area contributed by atoms with Gasteiger partial charge in [0.2, 0.25) is 0 Å². The number of hydrogen-bond donors (Lipinski definition) is 1. The van der Waals surface area contributed by atoms with E-state index in [4.69, 9.17) is 5.11 Å². The van der Waals surface area contributed by atoms with E-state index < -0.39 is 10.2 Å². The van der Waals surface area contributed by atoms with E-state index in [0.29, 0.717) is 19.6 Å². The molecule has 7 nitrogen and oxygen atoms in total. The smallest absolute Gasteiger partial charge is 0.282 e. The zero-order valence-corrected chi connectivity index (χ0v) is 12.8. The average molecular weight is 302 g/mol. The zero-order chi connectivity index (χ0) is 14.8. The largest absolute Gasteiger partial charge is 0.396 e. The third-order valence-electron chi connectivity index (χ3n) is 3.72. The van der Waals surface area contributed by atoms with Crippen molar-refractivity contribution in [1.29, 1.82) is 0 Å². The van der Waals surface area contributed by atoms with Crippen LogP contribution in [0.3, 0.4) is 0 Å². The molecule has 2 heterocycles. The molecule has 0 saturated carbocycles. The Hall–Kier alpha value is -0.960. The Morgan fingerprint density at radius 3 is 2.60 bits per heavy atom. The number of nitrogens with zero attached hydrogens (tertiary/aromatic N) is 4. The monoisotopic (exact) mass is 302 g/mol. The fourth-order valence-corrected chi connectivity index (χ4v) is 3.79. The highest BCUT2D eigenvalue weighted by molar-refractivity contribution is 7.86. The van der Waals surface area contributed by atoms with Gasteiger partial charge in [-0.3, -0.25) is 4.68 Å². The van der Waals surface area contributed by atoms with Gasteiger partial charge >= 0.3 is 0 Å². The molecule has 1 saturated heterocycles. The Morgan fingerprint density at radius 1 is 1.45 bits per heavy atom. The van der Waals surface area contributed by atoms with E-state index >= 15 is 0 Å². The molecular weight excluding hydrogens is 280 g/mol. The molecule has 114 valence electrons. The fourth-order valence-electron chi connectivity index (χ4n) is 2.41. The van der Waals surface area contributed by atoms with Gasteiger partial charge in [0.15, 0.2) is 0 Å². The van der Waals surface area contributed by atoms with Crippen LogP contribution in [0.2, 0.25) is 0 Å². The SMILES string of the molecule is CN(Cc1cnn(C)c1)S(=O)(=O)N1CCC(CO)CC1. The minimum Gasteiger partial charge on any atom is -0.396 e. The first-order valence-corrected chi connectivity index (χ1v) is 8.13. The van der Waals surface area contributed by atoms with Crippen molar-refractivity contribution in [3.63, 3.8) is 0 Å². The number of aryl methyl sites for hydroxylation is 1. The van der Waals surface area contributed by atoms with Gasteiger partial charge in [0, 0.05) is 52.1 Å². The fraction of sp³-hybridized carbons (Fsp3) is 0.750. The maximum atomic E-state index is 12.5. The van der Waals surface area contributed by atoms with Gasteiger partial charge in [-0.1, -0.05) is 0 Å². The van der Waals surface area contributed by atoms with Gasteiger partial charge in [0.25, 0.3) is 10.2 Å². The average Bonchev–Trinajstić information content (AvgIpc) is 2.84. The number of aliphatic hydroxyl groups is 1. The number of aliphatic hydroxyl groups excluding tert-OH is 1. The summed E-state index contributed by atoms with van der Waals surface area (Å²) >= 11 is 0. The van der Waals surface area contributed by atoms with E-state index in [-0.39, 0.29) is 12.5 Å². The van der Waals surface area contributed by atoms with Crippen LogP contribution >= 0.6 is 0 Å². The van der Waals surface area contributed by atoms with Crippen LogP contribution in [0.5, 0.6) is 0 Å². The summed E-state index contributed by atoms with van der Waals surface area (Å²) in [4.78, 5) is 0. The minimum atomic E-state index is -3.43. The molecule has 2 rings (SSSR count). The van der Waals surface area contributed by atoms with Crippen LogP contribution in [-0.4, -0.2) is 58.7 Å². The highest BCUT2D eigenvalue weighted by Crippen LogP contribution is 2.21. The molecule has 0 spiro atoms. The highest BCUT2D eigenvalue weighted by Gasteiger charge is 2.30. The lowest BCUT2D eigenvalue weighted by molar-refractivity contribution is 0.166. The lowest BCUT2D eigenvalue weighted by atomic mass is 10.00. The molecule has 20 heavy (non-hydrogen) atoms. The van der Waals surface area contributed by atoms with Crippen LogP contribution in [0.25, 0.3) is 0 Å². The topological polar surface area (TPSA) is 78.7 Å². The number of aromatic nitrogens is 2. The minimum absolute atomic E-state index is 0.138. The summed E-state index contributed by atoms with van der Waals surface area (Å²) in [6.45, 7) is 1.41. The van der Waals surface area contributed by atoms with Crippen LogP contribution in [0.15, 0.2) is 12.4 Å². The molecule has 0 unspecified atom stereocenters. The summed E-state index contributed by atoms with van der Waals surface area (Å²) in [5.74, 6) is 0.227. The second-order valence-corrected chi connectivity index (χ2v) is 7.35. The summed E-state index contributed by atoms with van der Waals surface area (Å²) < 4.78 is 29.4. The molecule has 0 aliphatic carbocycles. The summed E-state index contributed by atoms with van der Waals surface area (Å²) in [6, 6.07) is 0. The number of hydrogen-bond acceptors (Lipinski definition) is 4. The molecule has 1 aromatic heterocycles. The molecule has 1 aliphatic rings. The normalized spacial score (nSPS) is 18.8. The standard InChI is InChI=1S/C12H22N4O3S/c1-14-8-12(7-13-14)9-15(2)20(18,19)16-5-3-11(10-17)4-6-16/h7-8,11,17H,3-6,9-10H2,1-2H3. The predicted molar refractivity (Wildman–Crippen MR) is 75.0 cm³/mol. The molecule has 1 aliphatic heterocycles. The highest BCUT2D eigenvalue weighted by atomic mass is 32.2. The zero-order valence-electron chi connectivity index (χ0n) is 11.9. The molecule has 0 bridgehead atoms. The van der Waals surface area contributed by atoms with E-state index in [0.717, 1.165) is 18.4 Å². The lowest BCUT2D eigenvalue weighted by Crippen LogP contribution is -2.45. The third kappa shape index (κ3) is 3.38. The van der Waals surface area contributed by atoms with Gasteiger partial charge in [-0.2, -0.15) is 22.1 Å². The Labute approximate surface area is 120 Å². The van der Waals surface area contributed by atoms with E-state index in [1.807, 2.05) is 6.20 Å². The maximum absolute atomic E-state index is 12.5. The Kier molecular flexibility index (Phi) is 4.79. The van der Waals surface area contributed by atoms with Gasteiger partial charge < -0.3 is 5.11 Å². The van der Waals surface area contributed by atoms with Crippen molar-refractivity contribution in [2.45, 2.75) is 19.4 Å². The Bertz CT molecular complexity index is 535. The van der Waals surface area contributed by atoms with Crippen molar-refractivity contribution in [1.82, 2.24) is 18.4 Å². The van der Waals surface area contributed by atoms with E-state index in [2.05, 4.69) is 5.10 Å². The molecule has 1 N–H and O–H groups in total. The second-order valence-electron chi connectivity index (χ2n) is 5.31. The Morgan fingerprint density at radius 2 is 2.10 bits per heavy atom. The van der Waals surface area contributed by atoms with Crippen LogP contribution in [0, 0.1) is 5.92 Å². The summed E-state index contributed by atoms with van der Waals surface area (Å²) in [7, 11) is -0.0476. The van der Waals surface area contributed by atoms with Gasteiger partial charge in [-0.25, -0.2) is 0 Å². The molecule has 0 aromatic carbocycles. The molecule has 0 atom stereocenters. The van der Waals surface area contributed by atoms with Crippen LogP contribution in [0.1, 0.15) is 18.4 Å². The van der Waals surface area contributed by atoms with Crippen molar-refractivity contribution in [3.05, 3.63) is 18.0 Å². The first-order valence-electron chi connectivity index (χ1n) is 6.73. The first-order chi connectivity index (χ1) is 9.43. The molecule has 8 heteroatoms. The van der Waals surface area contributed by atoms with Crippen LogP contribution in [-0.2, 0) is 23.8 Å². The molecule has 1 fully saturated rings. The van der Waals surface area contributed by atoms with Gasteiger partial charge in [-0.05, 0) is 18.8 Å². The number of rotatable bonds is 5. The number of piperidine rings is 1. The van der Waals surface area contributed by atoms with Crippen molar-refractivity contribution in [3.8, 4) is 0 Å². The molecular formula is C12H22N4O3S. The summed E-state index contributed by atoms with van der Waals surface area (Å²) in [5.41, 5.74) is 0.865. The van der Waals surface area contributed by atoms with Gasteiger partial charge in [0.05, 0.1) is 6.20 Å². The van der Waals surface area contributed by atoms with Crippen molar-refractivity contribution in [2.24, 2.45) is 13.0 Å². The molecule has 1 aromatic rings. The lowest BCUT2D eigenvalue weighted by Gasteiger charge is -2.33.